The molecular formula is C29H24N2. The van der Waals surface area contributed by atoms with Crippen molar-refractivity contribution in [1.29, 1.82) is 0 Å². The summed E-state index contributed by atoms with van der Waals surface area (Å²) in [6.07, 6.45) is 7.95. The van der Waals surface area contributed by atoms with Crippen molar-refractivity contribution in [3.8, 4) is 0 Å². The molecule has 0 heterocycles. The zero-order valence-electron chi connectivity index (χ0n) is 17.3. The van der Waals surface area contributed by atoms with Gasteiger partial charge in [0.05, 0.1) is 11.4 Å². The zero-order valence-corrected chi connectivity index (χ0v) is 17.3. The lowest BCUT2D eigenvalue weighted by molar-refractivity contribution is 1.09. The third-order valence-corrected chi connectivity index (χ3v) is 4.81. The lowest BCUT2D eigenvalue weighted by Gasteiger charge is -2.18. The molecule has 0 aromatic heterocycles. The molecule has 31 heavy (non-hydrogen) atoms. The Morgan fingerprint density at radius 3 is 1.39 bits per heavy atom. The van der Waals surface area contributed by atoms with Crippen LogP contribution in [0.4, 0.5) is 11.4 Å². The van der Waals surface area contributed by atoms with Gasteiger partial charge >= 0.3 is 0 Å². The number of allylic oxidation sites excluding steroid dienone is 3. The van der Waals surface area contributed by atoms with Crippen LogP contribution in [0.5, 0.6) is 0 Å². The van der Waals surface area contributed by atoms with Gasteiger partial charge in [-0.25, -0.2) is 5.01 Å². The Morgan fingerprint density at radius 2 is 0.935 bits per heavy atom. The van der Waals surface area contributed by atoms with Crippen molar-refractivity contribution in [1.82, 2.24) is 0 Å². The number of hydrazone groups is 1. The summed E-state index contributed by atoms with van der Waals surface area (Å²) >= 11 is 0. The molecule has 0 unspecified atom stereocenters. The van der Waals surface area contributed by atoms with E-state index in [1.165, 1.54) is 16.7 Å². The smallest absolute Gasteiger partial charge is 0.0652 e. The van der Waals surface area contributed by atoms with Crippen LogP contribution in [0.2, 0.25) is 0 Å². The Bertz CT molecular complexity index is 1070. The number of hydrogen-bond acceptors (Lipinski definition) is 2. The quantitative estimate of drug-likeness (QED) is 0.178. The summed E-state index contributed by atoms with van der Waals surface area (Å²) in [5, 5.41) is 6.63. The van der Waals surface area contributed by atoms with Crippen LogP contribution >= 0.6 is 0 Å². The topological polar surface area (TPSA) is 15.6 Å². The van der Waals surface area contributed by atoms with Gasteiger partial charge in [-0.1, -0.05) is 109 Å². The first-order valence-corrected chi connectivity index (χ1v) is 10.3. The van der Waals surface area contributed by atoms with E-state index < -0.39 is 0 Å². The Labute approximate surface area is 184 Å². The number of nitrogens with zero attached hydrogens (tertiary/aromatic N) is 2. The second-order valence-corrected chi connectivity index (χ2v) is 6.94. The lowest BCUT2D eigenvalue weighted by Crippen LogP contribution is -2.08. The molecule has 0 amide bonds. The van der Waals surface area contributed by atoms with E-state index in [1.807, 2.05) is 71.9 Å². The first-order chi connectivity index (χ1) is 15.4. The van der Waals surface area contributed by atoms with Crippen molar-refractivity contribution >= 4 is 23.2 Å². The molecule has 0 saturated heterocycles. The van der Waals surface area contributed by atoms with Crippen LogP contribution < -0.4 is 5.01 Å². The number of hydrogen-bond donors (Lipinski definition) is 0. The largest absolute Gasteiger partial charge is 0.234 e. The molecule has 4 aromatic rings. The first-order valence-electron chi connectivity index (χ1n) is 10.3. The van der Waals surface area contributed by atoms with E-state index in [0.29, 0.717) is 0 Å². The van der Waals surface area contributed by atoms with E-state index in [1.54, 1.807) is 0 Å². The second-order valence-electron chi connectivity index (χ2n) is 6.94. The van der Waals surface area contributed by atoms with Gasteiger partial charge in [0.15, 0.2) is 0 Å². The average molecular weight is 401 g/mol. The summed E-state index contributed by atoms with van der Waals surface area (Å²) in [6, 6.07) is 41.2. The van der Waals surface area contributed by atoms with Gasteiger partial charge in [0.1, 0.15) is 0 Å². The molecule has 4 aromatic carbocycles. The normalized spacial score (nSPS) is 11.0. The van der Waals surface area contributed by atoms with Crippen LogP contribution in [-0.2, 0) is 0 Å². The lowest BCUT2D eigenvalue weighted by atomic mass is 9.97. The van der Waals surface area contributed by atoms with Crippen molar-refractivity contribution < 1.29 is 0 Å². The fourth-order valence-corrected chi connectivity index (χ4v) is 3.32. The highest BCUT2D eigenvalue weighted by Gasteiger charge is 2.06. The van der Waals surface area contributed by atoms with Crippen molar-refractivity contribution in [2.45, 2.75) is 0 Å². The third kappa shape index (κ3) is 5.46. The molecule has 0 N–H and O–H groups in total. The molecule has 0 saturated carbocycles. The molecule has 2 heteroatoms. The van der Waals surface area contributed by atoms with Crippen molar-refractivity contribution in [3.05, 3.63) is 151 Å². The van der Waals surface area contributed by atoms with Crippen LogP contribution in [0, 0.1) is 0 Å². The summed E-state index contributed by atoms with van der Waals surface area (Å²) < 4.78 is 0. The van der Waals surface area contributed by atoms with Gasteiger partial charge in [0.25, 0.3) is 0 Å². The molecule has 0 spiro atoms. The minimum atomic E-state index is 1.02. The van der Waals surface area contributed by atoms with Gasteiger partial charge in [-0.3, -0.25) is 0 Å². The van der Waals surface area contributed by atoms with Gasteiger partial charge in [0.2, 0.25) is 0 Å². The molecule has 0 aliphatic rings. The summed E-state index contributed by atoms with van der Waals surface area (Å²) in [5.41, 5.74) is 5.58. The fourth-order valence-electron chi connectivity index (χ4n) is 3.32. The molecule has 0 bridgehead atoms. The number of anilines is 2. The average Bonchev–Trinajstić information content (AvgIpc) is 2.86. The molecule has 0 atom stereocenters. The Morgan fingerprint density at radius 1 is 0.516 bits per heavy atom. The molecule has 0 fully saturated rings. The van der Waals surface area contributed by atoms with E-state index in [9.17, 15) is 0 Å². The maximum atomic E-state index is 4.70. The van der Waals surface area contributed by atoms with Gasteiger partial charge in [-0.2, -0.15) is 5.10 Å². The van der Waals surface area contributed by atoms with E-state index in [2.05, 4.69) is 78.9 Å². The molecule has 150 valence electrons. The van der Waals surface area contributed by atoms with E-state index in [0.717, 1.165) is 11.4 Å². The number of rotatable bonds is 7. The monoisotopic (exact) mass is 400 g/mol. The number of benzene rings is 4. The predicted octanol–water partition coefficient (Wildman–Crippen LogP) is 7.50. The minimum absolute atomic E-state index is 1.02. The molecule has 2 nitrogen and oxygen atoms in total. The van der Waals surface area contributed by atoms with Crippen LogP contribution in [0.3, 0.4) is 0 Å². The highest BCUT2D eigenvalue weighted by molar-refractivity contribution is 5.82. The van der Waals surface area contributed by atoms with Crippen LogP contribution in [0.15, 0.2) is 145 Å². The maximum Gasteiger partial charge on any atom is 0.0652 e. The van der Waals surface area contributed by atoms with Crippen molar-refractivity contribution in [3.63, 3.8) is 0 Å². The summed E-state index contributed by atoms with van der Waals surface area (Å²) in [7, 11) is 0. The highest BCUT2D eigenvalue weighted by atomic mass is 15.5. The SMILES string of the molecule is C(/C=C/C=N/N(c1ccccc1)c1ccccc1)=C(c1ccccc1)c1ccccc1. The molecule has 0 aliphatic carbocycles. The van der Waals surface area contributed by atoms with Gasteiger partial charge < -0.3 is 0 Å². The molecule has 4 rings (SSSR count). The third-order valence-electron chi connectivity index (χ3n) is 4.81. The van der Waals surface area contributed by atoms with Crippen molar-refractivity contribution in [2.24, 2.45) is 5.10 Å². The fraction of sp³-hybridized carbons (Fsp3) is 0. The van der Waals surface area contributed by atoms with Gasteiger partial charge in [-0.15, -0.1) is 0 Å². The van der Waals surface area contributed by atoms with E-state index in [4.69, 9.17) is 5.10 Å². The summed E-state index contributed by atoms with van der Waals surface area (Å²) in [6.45, 7) is 0. The van der Waals surface area contributed by atoms with E-state index >= 15 is 0 Å². The zero-order chi connectivity index (χ0) is 21.1. The van der Waals surface area contributed by atoms with E-state index in [-0.39, 0.29) is 0 Å². The van der Waals surface area contributed by atoms with Gasteiger partial charge in [-0.05, 0) is 47.0 Å². The molecular weight excluding hydrogens is 376 g/mol. The number of para-hydroxylation sites is 2. The summed E-state index contributed by atoms with van der Waals surface area (Å²) in [4.78, 5) is 0. The van der Waals surface area contributed by atoms with Crippen LogP contribution in [0.25, 0.3) is 5.57 Å². The summed E-state index contributed by atoms with van der Waals surface area (Å²) in [5.74, 6) is 0. The Hall–Kier alpha value is -4.17. The predicted molar refractivity (Wildman–Crippen MR) is 133 cm³/mol. The highest BCUT2D eigenvalue weighted by Crippen LogP contribution is 2.25. The maximum absolute atomic E-state index is 4.70. The Kier molecular flexibility index (Phi) is 6.85. The second kappa shape index (κ2) is 10.6. The van der Waals surface area contributed by atoms with Crippen molar-refractivity contribution in [2.75, 3.05) is 5.01 Å². The minimum Gasteiger partial charge on any atom is -0.234 e. The molecule has 0 radical (unpaired) electrons. The standard InChI is InChI=1S/C29H24N2/c1-5-15-25(16-6-1)29(26-17-7-2-8-18-26)23-13-14-24-30-31(27-19-9-3-10-20-27)28-21-11-4-12-22-28/h1-24H/b14-13+,30-24+. The Balaban J connectivity index is 1.59. The molecule has 0 aliphatic heterocycles. The van der Waals surface area contributed by atoms with Crippen LogP contribution in [-0.4, -0.2) is 6.21 Å². The van der Waals surface area contributed by atoms with Crippen LogP contribution in [0.1, 0.15) is 11.1 Å². The van der Waals surface area contributed by atoms with Gasteiger partial charge in [0, 0.05) is 6.21 Å². The first kappa shape index (κ1) is 20.1.